The second-order valence-electron chi connectivity index (χ2n) is 7.52. The summed E-state index contributed by atoms with van der Waals surface area (Å²) in [7, 11) is -2.52. The Bertz CT molecular complexity index is 1060. The first-order chi connectivity index (χ1) is 14.7. The van der Waals surface area contributed by atoms with Gasteiger partial charge >= 0.3 is 0 Å². The number of carbonyl (C=O) groups excluding carboxylic acids is 1. The molecule has 0 aromatic heterocycles. The van der Waals surface area contributed by atoms with E-state index in [9.17, 15) is 18.4 Å². The average Bonchev–Trinajstić information content (AvgIpc) is 3.16. The van der Waals surface area contributed by atoms with Crippen LogP contribution in [0.25, 0.3) is 0 Å². The molecule has 1 aliphatic rings. The van der Waals surface area contributed by atoms with Gasteiger partial charge in [-0.05, 0) is 56.6 Å². The lowest BCUT2D eigenvalue weighted by molar-refractivity contribution is -0.133. The first-order valence-electron chi connectivity index (χ1n) is 9.75. The van der Waals surface area contributed by atoms with Crippen molar-refractivity contribution in [2.45, 2.75) is 38.3 Å². The zero-order valence-corrected chi connectivity index (χ0v) is 18.7. The molecule has 10 heteroatoms. The third-order valence-electron chi connectivity index (χ3n) is 5.10. The van der Waals surface area contributed by atoms with E-state index in [2.05, 4.69) is 5.32 Å². The van der Waals surface area contributed by atoms with Gasteiger partial charge in [0.25, 0.3) is 5.91 Å². The number of carbonyl (C=O) groups is 1. The van der Waals surface area contributed by atoms with E-state index >= 15 is 0 Å². The van der Waals surface area contributed by atoms with Gasteiger partial charge in [-0.1, -0.05) is 23.8 Å². The van der Waals surface area contributed by atoms with E-state index in [1.165, 1.54) is 0 Å². The first-order valence-corrected chi connectivity index (χ1v) is 11.2. The molecule has 1 aliphatic heterocycles. The molecule has 1 amide bonds. The summed E-state index contributed by atoms with van der Waals surface area (Å²) in [6, 6.07) is 7.50. The Labute approximate surface area is 182 Å². The highest BCUT2D eigenvalue weighted by Gasteiger charge is 2.37. The quantitative estimate of drug-likeness (QED) is 0.414. The highest BCUT2D eigenvalue weighted by atomic mass is 32.2. The molecule has 9 nitrogen and oxygen atoms in total. The van der Waals surface area contributed by atoms with Gasteiger partial charge in [-0.2, -0.15) is 4.31 Å². The van der Waals surface area contributed by atoms with Crippen molar-refractivity contribution in [2.24, 2.45) is 0 Å². The van der Waals surface area contributed by atoms with Crippen LogP contribution >= 0.6 is 0 Å². The van der Waals surface area contributed by atoms with Crippen molar-refractivity contribution in [1.29, 1.82) is 0 Å². The van der Waals surface area contributed by atoms with Crippen LogP contribution in [0.2, 0.25) is 0 Å². The van der Waals surface area contributed by atoms with Crippen LogP contribution in [0.1, 0.15) is 22.3 Å². The molecule has 0 saturated carbocycles. The number of hydrogen-bond donors (Lipinski definition) is 3. The predicted molar refractivity (Wildman–Crippen MR) is 114 cm³/mol. The number of nitrogens with zero attached hydrogens (tertiary/aromatic N) is 1. The molecule has 0 bridgehead atoms. The number of sulfonamides is 1. The fourth-order valence-corrected chi connectivity index (χ4v) is 5.86. The van der Waals surface area contributed by atoms with Crippen molar-refractivity contribution in [1.82, 2.24) is 15.1 Å². The van der Waals surface area contributed by atoms with Crippen LogP contribution in [-0.4, -0.2) is 50.3 Å². The molecule has 1 heterocycles. The number of benzene rings is 2. The summed E-state index contributed by atoms with van der Waals surface area (Å²) >= 11 is 0. The molecule has 2 aromatic rings. The molecule has 0 spiro atoms. The molecule has 0 radical (unpaired) electrons. The van der Waals surface area contributed by atoms with Crippen molar-refractivity contribution in [3.63, 3.8) is 0 Å². The van der Waals surface area contributed by atoms with Gasteiger partial charge in [-0.3, -0.25) is 10.0 Å². The molecule has 0 fully saturated rings. The minimum atomic E-state index is -4.12. The second kappa shape index (κ2) is 9.23. The van der Waals surface area contributed by atoms with Crippen LogP contribution < -0.4 is 20.3 Å². The minimum Gasteiger partial charge on any atom is -0.454 e. The van der Waals surface area contributed by atoms with E-state index in [1.807, 2.05) is 6.92 Å². The number of amides is 1. The highest BCUT2D eigenvalue weighted by molar-refractivity contribution is 7.89. The lowest BCUT2D eigenvalue weighted by atomic mass is 10.1. The monoisotopic (exact) mass is 449 g/mol. The Hall–Kier alpha value is -2.66. The number of fused-ring (bicyclic) bond motifs is 1. The number of nitrogens with one attached hydrogen (secondary N) is 2. The third-order valence-corrected chi connectivity index (χ3v) is 7.27. The van der Waals surface area contributed by atoms with Crippen molar-refractivity contribution in [2.75, 3.05) is 20.4 Å². The molecule has 0 unspecified atom stereocenters. The molecular formula is C21H27N3O6S. The van der Waals surface area contributed by atoms with E-state index in [-0.39, 0.29) is 24.8 Å². The summed E-state index contributed by atoms with van der Waals surface area (Å²) in [4.78, 5) is 12.6. The van der Waals surface area contributed by atoms with Crippen LogP contribution in [0.15, 0.2) is 35.2 Å². The van der Waals surface area contributed by atoms with Crippen LogP contribution in [-0.2, 0) is 21.4 Å². The maximum atomic E-state index is 13.8. The van der Waals surface area contributed by atoms with Crippen LogP contribution in [0.4, 0.5) is 0 Å². The highest BCUT2D eigenvalue weighted by Crippen LogP contribution is 2.34. The molecule has 3 N–H and O–H groups in total. The van der Waals surface area contributed by atoms with E-state index in [1.54, 1.807) is 56.7 Å². The van der Waals surface area contributed by atoms with Crippen LogP contribution in [0, 0.1) is 20.8 Å². The third kappa shape index (κ3) is 4.67. The van der Waals surface area contributed by atoms with Gasteiger partial charge in [0.15, 0.2) is 11.5 Å². The number of ether oxygens (including phenoxy) is 2. The lowest BCUT2D eigenvalue weighted by Crippen LogP contribution is -2.53. The van der Waals surface area contributed by atoms with Crippen molar-refractivity contribution in [3.8, 4) is 11.5 Å². The number of aryl methyl sites for hydroxylation is 3. The smallest absolute Gasteiger partial charge is 0.263 e. The summed E-state index contributed by atoms with van der Waals surface area (Å²) in [5.74, 6) is 0.249. The molecule has 3 rings (SSSR count). The summed E-state index contributed by atoms with van der Waals surface area (Å²) in [6.07, 6.45) is 0. The van der Waals surface area contributed by atoms with Gasteiger partial charge in [-0.15, -0.1) is 0 Å². The lowest BCUT2D eigenvalue weighted by Gasteiger charge is -2.30. The second-order valence-corrected chi connectivity index (χ2v) is 9.34. The van der Waals surface area contributed by atoms with Crippen molar-refractivity contribution in [3.05, 3.63) is 52.6 Å². The Morgan fingerprint density at radius 3 is 2.39 bits per heavy atom. The van der Waals surface area contributed by atoms with Gasteiger partial charge in [-0.25, -0.2) is 13.9 Å². The summed E-state index contributed by atoms with van der Waals surface area (Å²) in [5, 5.41) is 12.1. The largest absolute Gasteiger partial charge is 0.454 e. The predicted octanol–water partition coefficient (Wildman–Crippen LogP) is 1.62. The summed E-state index contributed by atoms with van der Waals surface area (Å²) in [5.41, 5.74) is 4.31. The van der Waals surface area contributed by atoms with E-state index in [0.717, 1.165) is 9.87 Å². The van der Waals surface area contributed by atoms with Crippen molar-refractivity contribution < 1.29 is 27.9 Å². The molecule has 1 atom stereocenters. The molecule has 2 aromatic carbocycles. The zero-order chi connectivity index (χ0) is 22.8. The standard InChI is InChI=1S/C21H27N3O6S/c1-13-7-14(2)20(15(3)8-13)31(27,28)24(17(10-22-4)21(25)23-26)11-16-5-6-18-19(9-16)30-12-29-18/h5-9,17,22,26H,10-12H2,1-4H3,(H,23,25)/t17-/m1/s1. The number of rotatable bonds is 8. The fraction of sp³-hybridized carbons (Fsp3) is 0.381. The van der Waals surface area contributed by atoms with Gasteiger partial charge in [0.05, 0.1) is 4.90 Å². The Morgan fingerprint density at radius 1 is 1.13 bits per heavy atom. The van der Waals surface area contributed by atoms with Gasteiger partial charge in [0, 0.05) is 13.1 Å². The summed E-state index contributed by atoms with van der Waals surface area (Å²) < 4.78 is 39.5. The first kappa shape index (κ1) is 23.0. The maximum absolute atomic E-state index is 13.8. The van der Waals surface area contributed by atoms with Crippen molar-refractivity contribution >= 4 is 15.9 Å². The molecule has 0 saturated heterocycles. The van der Waals surface area contributed by atoms with E-state index in [0.29, 0.717) is 28.2 Å². The number of likely N-dealkylation sites (N-methyl/N-ethyl adjacent to an activating group) is 1. The Kier molecular flexibility index (Phi) is 6.85. The SMILES string of the molecule is CNC[C@H](C(=O)NO)N(Cc1ccc2c(c1)OCO2)S(=O)(=O)c1c(C)cc(C)cc1C. The number of hydrogen-bond acceptors (Lipinski definition) is 7. The fourth-order valence-electron chi connectivity index (χ4n) is 3.87. The van der Waals surface area contributed by atoms with Crippen LogP contribution in [0.5, 0.6) is 11.5 Å². The molecule has 0 aliphatic carbocycles. The van der Waals surface area contributed by atoms with Crippen LogP contribution in [0.3, 0.4) is 0 Å². The summed E-state index contributed by atoms with van der Waals surface area (Å²) in [6.45, 7) is 5.34. The zero-order valence-electron chi connectivity index (χ0n) is 17.9. The molecular weight excluding hydrogens is 422 g/mol. The minimum absolute atomic E-state index is 0.000131. The maximum Gasteiger partial charge on any atom is 0.263 e. The van der Waals surface area contributed by atoms with E-state index < -0.39 is 22.0 Å². The molecule has 31 heavy (non-hydrogen) atoms. The Balaban J connectivity index is 2.12. The normalized spacial score (nSPS) is 14.0. The van der Waals surface area contributed by atoms with E-state index in [4.69, 9.17) is 9.47 Å². The Morgan fingerprint density at radius 2 is 1.77 bits per heavy atom. The van der Waals surface area contributed by atoms with Gasteiger partial charge < -0.3 is 14.8 Å². The number of hydroxylamine groups is 1. The average molecular weight is 450 g/mol. The topological polar surface area (TPSA) is 117 Å². The molecule has 168 valence electrons. The van der Waals surface area contributed by atoms with Gasteiger partial charge in [0.2, 0.25) is 16.8 Å². The van der Waals surface area contributed by atoms with Gasteiger partial charge in [0.1, 0.15) is 6.04 Å².